The molecule has 0 aliphatic heterocycles. The fraction of sp³-hybridized carbons (Fsp3) is 0.603. The fourth-order valence-electron chi connectivity index (χ4n) is 8.27. The molecule has 0 heterocycles. The molecule has 0 rings (SSSR count). The van der Waals surface area contributed by atoms with Crippen LogP contribution in [0.2, 0.25) is 0 Å². The molecule has 0 aromatic rings. The second kappa shape index (κ2) is 65.5. The minimum absolute atomic E-state index is 0.101. The van der Waals surface area contributed by atoms with Crippen LogP contribution in [0.15, 0.2) is 158 Å². The number of carbonyl (C=O) groups excluding carboxylic acids is 3. The molecule has 0 spiro atoms. The van der Waals surface area contributed by atoms with Crippen LogP contribution >= 0.6 is 0 Å². The van der Waals surface area contributed by atoms with E-state index < -0.39 is 6.10 Å². The first kappa shape index (κ1) is 74.0. The molecule has 0 bridgehead atoms. The number of rotatable bonds is 56. The van der Waals surface area contributed by atoms with Gasteiger partial charge in [-0.25, -0.2) is 0 Å². The molecule has 0 aliphatic rings. The normalized spacial score (nSPS) is 13.2. The van der Waals surface area contributed by atoms with Gasteiger partial charge < -0.3 is 14.2 Å². The molecule has 6 nitrogen and oxygen atoms in total. The highest BCUT2D eigenvalue weighted by atomic mass is 16.6. The summed E-state index contributed by atoms with van der Waals surface area (Å²) in [6, 6.07) is 0. The van der Waals surface area contributed by atoms with Gasteiger partial charge in [-0.1, -0.05) is 262 Å². The average molecular weight is 1090 g/mol. The molecule has 0 fully saturated rings. The summed E-state index contributed by atoms with van der Waals surface area (Å²) >= 11 is 0. The lowest BCUT2D eigenvalue weighted by molar-refractivity contribution is -0.167. The van der Waals surface area contributed by atoms with Crippen LogP contribution < -0.4 is 0 Å². The van der Waals surface area contributed by atoms with Crippen molar-refractivity contribution in [2.45, 2.75) is 271 Å². The van der Waals surface area contributed by atoms with Crippen molar-refractivity contribution in [3.8, 4) is 0 Å². The third-order valence-corrected chi connectivity index (χ3v) is 13.0. The van der Waals surface area contributed by atoms with Crippen molar-refractivity contribution in [1.29, 1.82) is 0 Å². The molecular weight excluding hydrogens is 973 g/mol. The van der Waals surface area contributed by atoms with E-state index in [0.29, 0.717) is 19.3 Å². The van der Waals surface area contributed by atoms with Crippen molar-refractivity contribution in [2.24, 2.45) is 0 Å². The smallest absolute Gasteiger partial charge is 0.306 e. The summed E-state index contributed by atoms with van der Waals surface area (Å²) in [5.74, 6) is -0.945. The third-order valence-electron chi connectivity index (χ3n) is 13.0. The Hall–Kier alpha value is -4.97. The van der Waals surface area contributed by atoms with Crippen LogP contribution in [0.3, 0.4) is 0 Å². The third kappa shape index (κ3) is 63.7. The Morgan fingerprint density at radius 3 is 0.772 bits per heavy atom. The zero-order chi connectivity index (χ0) is 57.1. The van der Waals surface area contributed by atoms with E-state index in [2.05, 4.69) is 179 Å². The van der Waals surface area contributed by atoms with Gasteiger partial charge in [0.15, 0.2) is 6.10 Å². The Balaban J connectivity index is 4.42. The molecule has 0 aliphatic carbocycles. The molecule has 0 aromatic heterocycles. The van der Waals surface area contributed by atoms with Crippen LogP contribution in [0, 0.1) is 0 Å². The first-order valence-electron chi connectivity index (χ1n) is 32.0. The van der Waals surface area contributed by atoms with Gasteiger partial charge >= 0.3 is 17.9 Å². The second-order valence-corrected chi connectivity index (χ2v) is 20.5. The summed E-state index contributed by atoms with van der Waals surface area (Å²) in [4.78, 5) is 38.3. The van der Waals surface area contributed by atoms with Gasteiger partial charge in [0.1, 0.15) is 13.2 Å². The van der Waals surface area contributed by atoms with E-state index in [-0.39, 0.29) is 31.1 Å². The van der Waals surface area contributed by atoms with Gasteiger partial charge in [0.05, 0.1) is 0 Å². The van der Waals surface area contributed by atoms with Crippen molar-refractivity contribution in [3.63, 3.8) is 0 Å². The van der Waals surface area contributed by atoms with Crippen molar-refractivity contribution in [1.82, 2.24) is 0 Å². The quantitative estimate of drug-likeness (QED) is 0.0261. The zero-order valence-corrected chi connectivity index (χ0v) is 50.8. The summed E-state index contributed by atoms with van der Waals surface area (Å²) in [5, 5.41) is 0. The van der Waals surface area contributed by atoms with Gasteiger partial charge in [-0.2, -0.15) is 0 Å². The highest BCUT2D eigenvalue weighted by molar-refractivity contribution is 5.71. The van der Waals surface area contributed by atoms with E-state index in [0.717, 1.165) is 186 Å². The number of ether oxygens (including phenoxy) is 3. The minimum Gasteiger partial charge on any atom is -0.462 e. The molecule has 6 heteroatoms. The second-order valence-electron chi connectivity index (χ2n) is 20.5. The van der Waals surface area contributed by atoms with E-state index in [1.807, 2.05) is 0 Å². The SMILES string of the molecule is CC/C=C\C/C=C\C/C=C\C/C=C\C/C=C\C/C=C\CCCCCCCCCCC(=O)OCC(COC(=O)CCCCCCC/C=C\C/C=C\CCC)OC(=O)CCCCCCC/C=C\C/C=C\C/C=C\C/C=C\C/C=C\CC. The van der Waals surface area contributed by atoms with Crippen LogP contribution in [0.4, 0.5) is 0 Å². The van der Waals surface area contributed by atoms with Gasteiger partial charge in [-0.05, 0) is 141 Å². The Bertz CT molecular complexity index is 1780. The predicted molar refractivity (Wildman–Crippen MR) is 343 cm³/mol. The highest BCUT2D eigenvalue weighted by Crippen LogP contribution is 2.14. The summed E-state index contributed by atoms with van der Waals surface area (Å²) < 4.78 is 16.9. The van der Waals surface area contributed by atoms with Gasteiger partial charge in [-0.3, -0.25) is 14.4 Å². The van der Waals surface area contributed by atoms with Crippen molar-refractivity contribution < 1.29 is 28.6 Å². The Morgan fingerprint density at radius 2 is 0.494 bits per heavy atom. The molecule has 79 heavy (non-hydrogen) atoms. The molecule has 0 amide bonds. The van der Waals surface area contributed by atoms with Crippen molar-refractivity contribution >= 4 is 17.9 Å². The number of allylic oxidation sites excluding steroid dienone is 26. The number of hydrogen-bond acceptors (Lipinski definition) is 6. The molecular formula is C73H116O6. The van der Waals surface area contributed by atoms with Crippen LogP contribution in [-0.2, 0) is 28.6 Å². The van der Waals surface area contributed by atoms with Crippen LogP contribution in [0.25, 0.3) is 0 Å². The first-order valence-corrected chi connectivity index (χ1v) is 32.0. The Kier molecular flexibility index (Phi) is 61.4. The lowest BCUT2D eigenvalue weighted by Gasteiger charge is -2.18. The Labute approximate surface area is 486 Å². The molecule has 1 unspecified atom stereocenters. The molecule has 444 valence electrons. The maximum atomic E-state index is 12.9. The summed E-state index contributed by atoms with van der Waals surface area (Å²) in [6.45, 7) is 6.31. The molecule has 0 aromatic carbocycles. The van der Waals surface area contributed by atoms with Gasteiger partial charge in [0.25, 0.3) is 0 Å². The topological polar surface area (TPSA) is 78.9 Å². The average Bonchev–Trinajstić information content (AvgIpc) is 3.45. The number of hydrogen-bond donors (Lipinski definition) is 0. The van der Waals surface area contributed by atoms with E-state index in [1.165, 1.54) is 38.5 Å². The number of unbranched alkanes of at least 4 members (excludes halogenated alkanes) is 19. The van der Waals surface area contributed by atoms with Crippen molar-refractivity contribution in [2.75, 3.05) is 13.2 Å². The highest BCUT2D eigenvalue weighted by Gasteiger charge is 2.19. The van der Waals surface area contributed by atoms with E-state index in [9.17, 15) is 14.4 Å². The molecule has 0 saturated heterocycles. The monoisotopic (exact) mass is 1090 g/mol. The van der Waals surface area contributed by atoms with Crippen LogP contribution in [0.5, 0.6) is 0 Å². The van der Waals surface area contributed by atoms with E-state index >= 15 is 0 Å². The number of carbonyl (C=O) groups is 3. The fourth-order valence-corrected chi connectivity index (χ4v) is 8.27. The molecule has 0 radical (unpaired) electrons. The van der Waals surface area contributed by atoms with Crippen molar-refractivity contribution in [3.05, 3.63) is 158 Å². The van der Waals surface area contributed by atoms with Crippen LogP contribution in [-0.4, -0.2) is 37.2 Å². The molecule has 0 saturated carbocycles. The maximum absolute atomic E-state index is 12.9. The van der Waals surface area contributed by atoms with E-state index in [4.69, 9.17) is 14.2 Å². The lowest BCUT2D eigenvalue weighted by atomic mass is 10.1. The molecule has 1 atom stereocenters. The Morgan fingerprint density at radius 1 is 0.266 bits per heavy atom. The van der Waals surface area contributed by atoms with E-state index in [1.54, 1.807) is 0 Å². The van der Waals surface area contributed by atoms with Gasteiger partial charge in [0.2, 0.25) is 0 Å². The molecule has 0 N–H and O–H groups in total. The minimum atomic E-state index is -0.807. The summed E-state index contributed by atoms with van der Waals surface area (Å²) in [6.07, 6.45) is 95.3. The van der Waals surface area contributed by atoms with Crippen LogP contribution in [0.1, 0.15) is 265 Å². The largest absolute Gasteiger partial charge is 0.462 e. The summed E-state index contributed by atoms with van der Waals surface area (Å²) in [5.41, 5.74) is 0. The number of esters is 3. The zero-order valence-electron chi connectivity index (χ0n) is 50.8. The lowest BCUT2D eigenvalue weighted by Crippen LogP contribution is -2.30. The standard InChI is InChI=1S/C73H116O6/c1-4-7-10-13-16-19-22-25-27-29-31-33-34-35-36-37-38-40-41-43-45-48-51-54-57-60-63-66-72(75)78-69-70(68-77-71(74)65-62-59-56-53-50-47-24-21-18-15-12-9-6-3)79-73(76)67-64-61-58-55-52-49-46-44-42-39-32-30-28-26-23-20-17-14-11-8-5-2/h7-8,10-12,15-17,19-21,24-28,31-33,35-36,38-40,44,46,70H,4-6,9,13-14,18,22-23,29-30,34,37,41-43,45,47-69H2,1-3H3/b10-7-,11-8-,15-12-,19-16-,20-17-,24-21-,27-25-,28-26-,33-31-,36-35-,39-32-,40-38-,46-44-. The van der Waals surface area contributed by atoms with Gasteiger partial charge in [0, 0.05) is 19.3 Å². The summed E-state index contributed by atoms with van der Waals surface area (Å²) in [7, 11) is 0. The van der Waals surface area contributed by atoms with Gasteiger partial charge in [-0.15, -0.1) is 0 Å². The first-order chi connectivity index (χ1) is 39.0. The predicted octanol–water partition coefficient (Wildman–Crippen LogP) is 22.1. The maximum Gasteiger partial charge on any atom is 0.306 e.